The van der Waals surface area contributed by atoms with Gasteiger partial charge in [-0.15, -0.1) is 0 Å². The molecule has 7 heteroatoms. The molecular formula is C16H20FN3O3. The summed E-state index contributed by atoms with van der Waals surface area (Å²) in [6.45, 7) is 0.765. The molecule has 1 heterocycles. The first-order valence-electron chi connectivity index (χ1n) is 7.43. The van der Waals surface area contributed by atoms with E-state index < -0.39 is 6.16 Å². The van der Waals surface area contributed by atoms with Gasteiger partial charge < -0.3 is 20.5 Å². The highest BCUT2D eigenvalue weighted by atomic mass is 19.1. The van der Waals surface area contributed by atoms with Crippen LogP contribution in [0, 0.1) is 11.7 Å². The minimum atomic E-state index is -1.83. The molecule has 1 saturated carbocycles. The minimum Gasteiger partial charge on any atom is -0.450 e. The zero-order valence-electron chi connectivity index (χ0n) is 12.6. The molecule has 2 atom stereocenters. The zero-order chi connectivity index (χ0) is 16.8. The number of carbonyl (C=O) groups is 1. The molecule has 2 unspecified atom stereocenters. The third-order valence-electron chi connectivity index (χ3n) is 3.79. The van der Waals surface area contributed by atoms with Crippen LogP contribution in [0.1, 0.15) is 30.9 Å². The Hall–Kier alpha value is -2.41. The van der Waals surface area contributed by atoms with Crippen LogP contribution in [-0.2, 0) is 0 Å². The molecule has 0 bridgehead atoms. The second-order valence-electron chi connectivity index (χ2n) is 5.50. The highest BCUT2D eigenvalue weighted by molar-refractivity contribution is 5.53. The van der Waals surface area contributed by atoms with Gasteiger partial charge in [-0.3, -0.25) is 0 Å². The van der Waals surface area contributed by atoms with Crippen molar-refractivity contribution in [3.05, 3.63) is 48.3 Å². The van der Waals surface area contributed by atoms with E-state index in [0.29, 0.717) is 5.92 Å². The number of aromatic nitrogens is 2. The number of hydrogen-bond donors (Lipinski definition) is 3. The van der Waals surface area contributed by atoms with Gasteiger partial charge in [0.05, 0.1) is 12.0 Å². The van der Waals surface area contributed by atoms with Crippen molar-refractivity contribution in [2.75, 3.05) is 6.54 Å². The molecule has 0 saturated heterocycles. The number of nitrogens with two attached hydrogens (primary N) is 1. The van der Waals surface area contributed by atoms with Gasteiger partial charge in [-0.05, 0) is 49.9 Å². The lowest BCUT2D eigenvalue weighted by atomic mass is 10.1. The molecule has 1 fully saturated rings. The molecular weight excluding hydrogens is 301 g/mol. The maximum absolute atomic E-state index is 13.2. The summed E-state index contributed by atoms with van der Waals surface area (Å²) in [6, 6.07) is 6.56. The summed E-state index contributed by atoms with van der Waals surface area (Å²) in [7, 11) is 0. The normalized spacial score (nSPS) is 18.9. The zero-order valence-corrected chi connectivity index (χ0v) is 12.6. The number of imidazole rings is 1. The molecule has 6 nitrogen and oxygen atoms in total. The number of nitrogens with zero attached hydrogens (tertiary/aromatic N) is 2. The maximum atomic E-state index is 13.2. The second kappa shape index (κ2) is 7.73. The summed E-state index contributed by atoms with van der Waals surface area (Å²) in [5.41, 5.74) is 7.46. The van der Waals surface area contributed by atoms with Crippen LogP contribution in [0.4, 0.5) is 9.18 Å². The van der Waals surface area contributed by atoms with E-state index in [2.05, 4.69) is 4.98 Å². The maximum Gasteiger partial charge on any atom is 0.503 e. The van der Waals surface area contributed by atoms with E-state index in [0.717, 1.165) is 30.3 Å². The van der Waals surface area contributed by atoms with Gasteiger partial charge in [0.15, 0.2) is 0 Å². The lowest BCUT2D eigenvalue weighted by molar-refractivity contribution is 0.137. The van der Waals surface area contributed by atoms with Gasteiger partial charge >= 0.3 is 6.16 Å². The number of hydrogen-bond acceptors (Lipinski definition) is 3. The molecule has 4 N–H and O–H groups in total. The van der Waals surface area contributed by atoms with Crippen LogP contribution in [-0.4, -0.2) is 32.5 Å². The van der Waals surface area contributed by atoms with Gasteiger partial charge in [-0.25, -0.2) is 14.2 Å². The molecule has 2 aromatic rings. The van der Waals surface area contributed by atoms with E-state index in [1.165, 1.54) is 25.0 Å². The van der Waals surface area contributed by atoms with Crippen molar-refractivity contribution in [2.24, 2.45) is 11.7 Å². The van der Waals surface area contributed by atoms with Crippen molar-refractivity contribution >= 4 is 6.16 Å². The van der Waals surface area contributed by atoms with Gasteiger partial charge in [0.2, 0.25) is 0 Å². The van der Waals surface area contributed by atoms with E-state index in [1.807, 2.05) is 16.8 Å². The summed E-state index contributed by atoms with van der Waals surface area (Å²) in [5, 5.41) is 13.9. The number of rotatable bonds is 5. The first-order chi connectivity index (χ1) is 11.0. The van der Waals surface area contributed by atoms with Crippen molar-refractivity contribution in [3.63, 3.8) is 0 Å². The third-order valence-corrected chi connectivity index (χ3v) is 3.79. The Balaban J connectivity index is 0.000000433. The summed E-state index contributed by atoms with van der Waals surface area (Å²) in [6.07, 6.45) is 5.43. The number of benzene rings is 1. The smallest absolute Gasteiger partial charge is 0.450 e. The third kappa shape index (κ3) is 5.07. The van der Waals surface area contributed by atoms with Crippen molar-refractivity contribution in [3.8, 4) is 5.69 Å². The molecule has 0 spiro atoms. The van der Waals surface area contributed by atoms with Gasteiger partial charge in [-0.2, -0.15) is 0 Å². The molecule has 0 radical (unpaired) electrons. The van der Waals surface area contributed by atoms with Gasteiger partial charge in [0.25, 0.3) is 0 Å². The Kier molecular flexibility index (Phi) is 5.70. The average molecular weight is 321 g/mol. The standard InChI is InChI=1S/C15H18FN3.CH2O3/c16-12-4-1-5-13(8-12)19-9-15(18-10-19)14-7-11(14)3-2-6-17;2-1(3)4/h1,4-5,8-11,14H,2-3,6-7,17H2;(H2,2,3,4). The molecule has 1 aromatic heterocycles. The SMILES string of the molecule is NCCCC1CC1c1cn(-c2cccc(F)c2)cn1.O=C(O)O. The van der Waals surface area contributed by atoms with E-state index in [4.69, 9.17) is 20.7 Å². The molecule has 1 aromatic carbocycles. The summed E-state index contributed by atoms with van der Waals surface area (Å²) >= 11 is 0. The fraction of sp³-hybridized carbons (Fsp3) is 0.375. The lowest BCUT2D eigenvalue weighted by Crippen LogP contribution is -1.98. The summed E-state index contributed by atoms with van der Waals surface area (Å²) in [5.74, 6) is 1.08. The molecule has 1 aliphatic carbocycles. The predicted molar refractivity (Wildman–Crippen MR) is 83.3 cm³/mol. The van der Waals surface area contributed by atoms with Crippen LogP contribution >= 0.6 is 0 Å². The number of carboxylic acid groups (broad SMARTS) is 2. The van der Waals surface area contributed by atoms with Crippen molar-refractivity contribution in [1.29, 1.82) is 0 Å². The Bertz CT molecular complexity index is 656. The van der Waals surface area contributed by atoms with E-state index in [1.54, 1.807) is 12.4 Å². The summed E-state index contributed by atoms with van der Waals surface area (Å²) in [4.78, 5) is 13.0. The van der Waals surface area contributed by atoms with Gasteiger partial charge in [0.1, 0.15) is 5.82 Å². The fourth-order valence-electron chi connectivity index (χ4n) is 2.62. The molecule has 0 aliphatic heterocycles. The molecule has 1 aliphatic rings. The van der Waals surface area contributed by atoms with Crippen molar-refractivity contribution in [2.45, 2.75) is 25.2 Å². The van der Waals surface area contributed by atoms with Crippen LogP contribution in [0.2, 0.25) is 0 Å². The topological polar surface area (TPSA) is 101 Å². The van der Waals surface area contributed by atoms with E-state index >= 15 is 0 Å². The Labute approximate surface area is 133 Å². The molecule has 3 rings (SSSR count). The Morgan fingerprint density at radius 1 is 1.43 bits per heavy atom. The molecule has 23 heavy (non-hydrogen) atoms. The highest BCUT2D eigenvalue weighted by Gasteiger charge is 2.38. The van der Waals surface area contributed by atoms with Crippen LogP contribution < -0.4 is 5.73 Å². The van der Waals surface area contributed by atoms with E-state index in [-0.39, 0.29) is 5.82 Å². The minimum absolute atomic E-state index is 0.222. The van der Waals surface area contributed by atoms with Crippen LogP contribution in [0.15, 0.2) is 36.8 Å². The van der Waals surface area contributed by atoms with Crippen LogP contribution in [0.5, 0.6) is 0 Å². The second-order valence-corrected chi connectivity index (χ2v) is 5.50. The first-order valence-corrected chi connectivity index (χ1v) is 7.43. The Morgan fingerprint density at radius 2 is 2.17 bits per heavy atom. The monoisotopic (exact) mass is 321 g/mol. The fourth-order valence-corrected chi connectivity index (χ4v) is 2.62. The van der Waals surface area contributed by atoms with Crippen molar-refractivity contribution in [1.82, 2.24) is 9.55 Å². The average Bonchev–Trinajstić information content (AvgIpc) is 3.09. The summed E-state index contributed by atoms with van der Waals surface area (Å²) < 4.78 is 15.1. The molecule has 124 valence electrons. The largest absolute Gasteiger partial charge is 0.503 e. The number of halogens is 1. The van der Waals surface area contributed by atoms with Crippen LogP contribution in [0.25, 0.3) is 5.69 Å². The van der Waals surface area contributed by atoms with Crippen molar-refractivity contribution < 1.29 is 19.4 Å². The lowest BCUT2D eigenvalue weighted by Gasteiger charge is -2.01. The quantitative estimate of drug-likeness (QED) is 0.785. The van der Waals surface area contributed by atoms with Gasteiger partial charge in [0, 0.05) is 17.8 Å². The Morgan fingerprint density at radius 3 is 2.83 bits per heavy atom. The highest BCUT2D eigenvalue weighted by Crippen LogP contribution is 2.49. The van der Waals surface area contributed by atoms with E-state index in [9.17, 15) is 4.39 Å². The van der Waals surface area contributed by atoms with Crippen LogP contribution in [0.3, 0.4) is 0 Å². The predicted octanol–water partition coefficient (Wildman–Crippen LogP) is 3.08. The van der Waals surface area contributed by atoms with Gasteiger partial charge in [-0.1, -0.05) is 6.07 Å². The molecule has 0 amide bonds. The first kappa shape index (κ1) is 17.0.